The van der Waals surface area contributed by atoms with Gasteiger partial charge in [-0.15, -0.1) is 5.10 Å². The summed E-state index contributed by atoms with van der Waals surface area (Å²) in [4.78, 5) is 15.1. The van der Waals surface area contributed by atoms with Gasteiger partial charge >= 0.3 is 0 Å². The minimum atomic E-state index is -0.261. The molecule has 0 N–H and O–H groups in total. The molecule has 4 rings (SSSR count). The molecule has 0 radical (unpaired) electrons. The van der Waals surface area contributed by atoms with Crippen molar-refractivity contribution in [1.29, 1.82) is 0 Å². The number of halogens is 1. The molecule has 8 heteroatoms. The van der Waals surface area contributed by atoms with E-state index in [1.165, 1.54) is 12.1 Å². The van der Waals surface area contributed by atoms with Crippen molar-refractivity contribution in [2.24, 2.45) is 5.92 Å². The van der Waals surface area contributed by atoms with Gasteiger partial charge in [0.05, 0.1) is 19.7 Å². The highest BCUT2D eigenvalue weighted by atomic mass is 19.1. The molecule has 1 saturated heterocycles. The third-order valence-electron chi connectivity index (χ3n) is 5.62. The lowest BCUT2D eigenvalue weighted by atomic mass is 9.89. The summed E-state index contributed by atoms with van der Waals surface area (Å²) in [6, 6.07) is 13.8. The maximum absolute atomic E-state index is 13.1. The number of likely N-dealkylation sites (tertiary alicyclic amines) is 1. The van der Waals surface area contributed by atoms with Crippen LogP contribution < -0.4 is 4.74 Å². The number of tetrazole rings is 1. The zero-order valence-corrected chi connectivity index (χ0v) is 17.6. The second kappa shape index (κ2) is 9.78. The van der Waals surface area contributed by atoms with E-state index in [2.05, 4.69) is 20.4 Å². The van der Waals surface area contributed by atoms with Gasteiger partial charge in [0.2, 0.25) is 0 Å². The van der Waals surface area contributed by atoms with Gasteiger partial charge in [-0.25, -0.2) is 9.07 Å². The van der Waals surface area contributed by atoms with E-state index >= 15 is 0 Å². The van der Waals surface area contributed by atoms with Crippen molar-refractivity contribution in [2.75, 3.05) is 19.7 Å². The van der Waals surface area contributed by atoms with E-state index < -0.39 is 0 Å². The maximum Gasteiger partial charge on any atom is 0.166 e. The van der Waals surface area contributed by atoms with E-state index in [1.54, 1.807) is 16.8 Å². The number of ketones is 1. The van der Waals surface area contributed by atoms with Crippen LogP contribution in [0.25, 0.3) is 0 Å². The second-order valence-corrected chi connectivity index (χ2v) is 7.75. The molecule has 2 heterocycles. The maximum atomic E-state index is 13.1. The fourth-order valence-corrected chi connectivity index (χ4v) is 3.89. The van der Waals surface area contributed by atoms with Crippen LogP contribution in [0.2, 0.25) is 0 Å². The van der Waals surface area contributed by atoms with Gasteiger partial charge in [0.15, 0.2) is 11.6 Å². The number of Topliss-reactive ketones (excluding diaryl/α,β-unsaturated/α-hetero) is 1. The molecule has 1 aliphatic rings. The predicted molar refractivity (Wildman–Crippen MR) is 113 cm³/mol. The highest BCUT2D eigenvalue weighted by Gasteiger charge is 2.26. The number of ether oxygens (including phenoxy) is 1. The zero-order valence-electron chi connectivity index (χ0n) is 17.6. The molecule has 0 aliphatic carbocycles. The monoisotopic (exact) mass is 423 g/mol. The van der Waals surface area contributed by atoms with Gasteiger partial charge in [0.25, 0.3) is 0 Å². The van der Waals surface area contributed by atoms with Crippen LogP contribution >= 0.6 is 0 Å². The number of benzene rings is 2. The average Bonchev–Trinajstić information content (AvgIpc) is 3.22. The molecule has 0 bridgehead atoms. The zero-order chi connectivity index (χ0) is 21.6. The third kappa shape index (κ3) is 5.32. The van der Waals surface area contributed by atoms with Crippen molar-refractivity contribution < 1.29 is 13.9 Å². The van der Waals surface area contributed by atoms with Crippen LogP contribution in [0.1, 0.15) is 41.5 Å². The quantitative estimate of drug-likeness (QED) is 0.518. The molecule has 1 aromatic heterocycles. The average molecular weight is 423 g/mol. The highest BCUT2D eigenvalue weighted by molar-refractivity contribution is 5.98. The molecule has 0 spiro atoms. The smallest absolute Gasteiger partial charge is 0.166 e. The van der Waals surface area contributed by atoms with Crippen LogP contribution in [0.15, 0.2) is 48.5 Å². The van der Waals surface area contributed by atoms with Gasteiger partial charge in [-0.05, 0) is 85.2 Å². The Hall–Kier alpha value is -3.13. The molecule has 3 aromatic rings. The molecular formula is C23H26FN5O2. The summed E-state index contributed by atoms with van der Waals surface area (Å²) in [5, 5.41) is 12.0. The van der Waals surface area contributed by atoms with E-state index in [9.17, 15) is 9.18 Å². The minimum absolute atomic E-state index is 0.0319. The number of carbonyl (C=O) groups is 1. The van der Waals surface area contributed by atoms with E-state index in [-0.39, 0.29) is 17.5 Å². The first kappa shape index (κ1) is 21.1. The van der Waals surface area contributed by atoms with Crippen molar-refractivity contribution in [3.05, 3.63) is 71.3 Å². The van der Waals surface area contributed by atoms with Gasteiger partial charge in [-0.3, -0.25) is 9.69 Å². The Morgan fingerprint density at radius 1 is 1.06 bits per heavy atom. The standard InChI is InChI=1S/C23H26FN5O2/c1-2-31-21-9-5-18(6-10-21)23(30)19-11-13-28(14-12-19)16-22-25-26-27-29(22)15-17-3-7-20(24)8-4-17/h3-10,19H,2,11-16H2,1H3. The van der Waals surface area contributed by atoms with Crippen LogP contribution in [0.3, 0.4) is 0 Å². The normalized spacial score (nSPS) is 15.2. The number of aromatic nitrogens is 4. The summed E-state index contributed by atoms with van der Waals surface area (Å²) in [7, 11) is 0. The molecule has 7 nitrogen and oxygen atoms in total. The number of rotatable bonds is 8. The fraction of sp³-hybridized carbons (Fsp3) is 0.391. The molecule has 0 saturated carbocycles. The summed E-state index contributed by atoms with van der Waals surface area (Å²) in [6.07, 6.45) is 1.62. The second-order valence-electron chi connectivity index (χ2n) is 7.75. The van der Waals surface area contributed by atoms with Gasteiger partial charge in [-0.1, -0.05) is 12.1 Å². The highest BCUT2D eigenvalue weighted by Crippen LogP contribution is 2.24. The number of carbonyl (C=O) groups excluding carboxylic acids is 1. The van der Waals surface area contributed by atoms with E-state index in [1.807, 2.05) is 31.2 Å². The van der Waals surface area contributed by atoms with Crippen LogP contribution in [-0.2, 0) is 13.1 Å². The molecule has 162 valence electrons. The third-order valence-corrected chi connectivity index (χ3v) is 5.62. The van der Waals surface area contributed by atoms with Crippen LogP contribution in [0, 0.1) is 11.7 Å². The number of nitrogens with zero attached hydrogens (tertiary/aromatic N) is 5. The van der Waals surface area contributed by atoms with Crippen LogP contribution in [-0.4, -0.2) is 50.6 Å². The Kier molecular flexibility index (Phi) is 6.66. The fourth-order valence-electron chi connectivity index (χ4n) is 3.89. The van der Waals surface area contributed by atoms with E-state index in [4.69, 9.17) is 4.74 Å². The van der Waals surface area contributed by atoms with Crippen molar-refractivity contribution in [3.63, 3.8) is 0 Å². The minimum Gasteiger partial charge on any atom is -0.494 e. The van der Waals surface area contributed by atoms with Gasteiger partial charge < -0.3 is 4.74 Å². The van der Waals surface area contributed by atoms with Gasteiger partial charge in [0, 0.05) is 11.5 Å². The van der Waals surface area contributed by atoms with E-state index in [0.29, 0.717) is 19.7 Å². The Balaban J connectivity index is 1.31. The van der Waals surface area contributed by atoms with Crippen molar-refractivity contribution in [2.45, 2.75) is 32.9 Å². The molecule has 0 unspecified atom stereocenters. The summed E-state index contributed by atoms with van der Waals surface area (Å²) in [6.45, 7) is 5.30. The summed E-state index contributed by atoms with van der Waals surface area (Å²) in [5.41, 5.74) is 1.68. The Morgan fingerprint density at radius 3 is 2.45 bits per heavy atom. The molecule has 1 aliphatic heterocycles. The number of hydrogen-bond acceptors (Lipinski definition) is 6. The first-order valence-corrected chi connectivity index (χ1v) is 10.6. The van der Waals surface area contributed by atoms with Crippen molar-refractivity contribution >= 4 is 5.78 Å². The first-order chi connectivity index (χ1) is 15.1. The lowest BCUT2D eigenvalue weighted by molar-refractivity contribution is 0.0831. The largest absolute Gasteiger partial charge is 0.494 e. The Morgan fingerprint density at radius 2 is 1.77 bits per heavy atom. The predicted octanol–water partition coefficient (Wildman–Crippen LogP) is 3.35. The van der Waals surface area contributed by atoms with Crippen molar-refractivity contribution in [3.8, 4) is 5.75 Å². The Bertz CT molecular complexity index is 996. The topological polar surface area (TPSA) is 73.1 Å². The first-order valence-electron chi connectivity index (χ1n) is 10.6. The summed E-state index contributed by atoms with van der Waals surface area (Å²) < 4.78 is 20.3. The lowest BCUT2D eigenvalue weighted by Crippen LogP contribution is -2.36. The number of piperidine rings is 1. The SMILES string of the molecule is CCOc1ccc(C(=O)C2CCN(Cc3nnnn3Cc3ccc(F)cc3)CC2)cc1. The van der Waals surface area contributed by atoms with Crippen LogP contribution in [0.5, 0.6) is 5.75 Å². The Labute approximate surface area is 180 Å². The molecule has 1 fully saturated rings. The molecular weight excluding hydrogens is 397 g/mol. The molecule has 0 atom stereocenters. The summed E-state index contributed by atoms with van der Waals surface area (Å²) in [5.74, 6) is 1.52. The number of hydrogen-bond donors (Lipinski definition) is 0. The molecule has 31 heavy (non-hydrogen) atoms. The summed E-state index contributed by atoms with van der Waals surface area (Å²) >= 11 is 0. The molecule has 2 aromatic carbocycles. The van der Waals surface area contributed by atoms with Crippen LogP contribution in [0.4, 0.5) is 4.39 Å². The van der Waals surface area contributed by atoms with Crippen molar-refractivity contribution in [1.82, 2.24) is 25.1 Å². The molecule has 0 amide bonds. The van der Waals surface area contributed by atoms with E-state index in [0.717, 1.165) is 48.6 Å². The van der Waals surface area contributed by atoms with Gasteiger partial charge in [-0.2, -0.15) is 0 Å². The van der Waals surface area contributed by atoms with Gasteiger partial charge in [0.1, 0.15) is 11.6 Å². The lowest BCUT2D eigenvalue weighted by Gasteiger charge is -2.30.